The number of halogens is 1. The second-order valence-electron chi connectivity index (χ2n) is 5.08. The van der Waals surface area contributed by atoms with E-state index in [1.807, 2.05) is 45.2 Å². The molecule has 0 spiro atoms. The molecule has 0 radical (unpaired) electrons. The first-order chi connectivity index (χ1) is 11.0. The minimum atomic E-state index is -0.239. The van der Waals surface area contributed by atoms with Crippen LogP contribution in [-0.4, -0.2) is 17.8 Å². The van der Waals surface area contributed by atoms with Crippen LogP contribution in [0.5, 0.6) is 0 Å². The molecular weight excluding hydrogens is 327 g/mol. The van der Waals surface area contributed by atoms with Crippen LogP contribution in [0, 0.1) is 19.7 Å². The van der Waals surface area contributed by atoms with Crippen molar-refractivity contribution in [1.82, 2.24) is 0 Å². The second-order valence-corrected chi connectivity index (χ2v) is 6.53. The summed E-state index contributed by atoms with van der Waals surface area (Å²) in [5.41, 5.74) is 3.36. The van der Waals surface area contributed by atoms with Gasteiger partial charge in [-0.1, -0.05) is 37.3 Å². The van der Waals surface area contributed by atoms with Gasteiger partial charge in [0.05, 0.1) is 0 Å². The minimum Gasteiger partial charge on any atom is -0.294 e. The van der Waals surface area contributed by atoms with Gasteiger partial charge in [0.1, 0.15) is 5.82 Å². The number of thioether (sulfide) groups is 1. The first kappa shape index (κ1) is 19.8. The van der Waals surface area contributed by atoms with E-state index in [1.54, 1.807) is 12.1 Å². The number of hydrogen-bond donors (Lipinski definition) is 1. The van der Waals surface area contributed by atoms with Crippen LogP contribution in [0.4, 0.5) is 4.39 Å². The molecule has 124 valence electrons. The Bertz CT molecular complexity index is 654. The molecule has 4 heteroatoms. The molecule has 0 aliphatic rings. The van der Waals surface area contributed by atoms with Gasteiger partial charge in [-0.25, -0.2) is 4.39 Å². The van der Waals surface area contributed by atoms with E-state index in [9.17, 15) is 9.18 Å². The molecule has 0 N–H and O–H groups in total. The Morgan fingerprint density at radius 2 is 1.74 bits per heavy atom. The Morgan fingerprint density at radius 1 is 1.17 bits per heavy atom. The Labute approximate surface area is 148 Å². The Balaban J connectivity index is 0.000000816. The summed E-state index contributed by atoms with van der Waals surface area (Å²) in [7, 11) is 0. The molecule has 23 heavy (non-hydrogen) atoms. The van der Waals surface area contributed by atoms with Crippen molar-refractivity contribution in [2.75, 3.05) is 12.0 Å². The molecule has 0 fully saturated rings. The lowest BCUT2D eigenvalue weighted by Gasteiger charge is -2.13. The molecule has 0 heterocycles. The molecule has 0 saturated carbocycles. The zero-order valence-corrected chi connectivity index (χ0v) is 15.7. The average Bonchev–Trinajstić information content (AvgIpc) is 2.54. The van der Waals surface area contributed by atoms with Crippen molar-refractivity contribution in [3.63, 3.8) is 0 Å². The van der Waals surface area contributed by atoms with Crippen molar-refractivity contribution < 1.29 is 9.18 Å². The van der Waals surface area contributed by atoms with Gasteiger partial charge in [-0.05, 0) is 48.6 Å². The lowest BCUT2D eigenvalue weighted by atomic mass is 9.96. The van der Waals surface area contributed by atoms with Crippen LogP contribution in [0.25, 0.3) is 0 Å². The highest BCUT2D eigenvalue weighted by atomic mass is 32.2. The maximum Gasteiger partial charge on any atom is 0.167 e. The van der Waals surface area contributed by atoms with Crippen LogP contribution < -0.4 is 0 Å². The number of ketones is 1. The molecule has 1 nitrogen and oxygen atoms in total. The standard InChI is InChI=1S/C17H17FOS.C2H6S/c1-11-12(2)17(20-3)15(18)9-14(11)10-16(19)13-7-5-4-6-8-13;1-2-3/h4-9H,10H2,1-3H3;3H,2H2,1H3. The second kappa shape index (κ2) is 9.78. The van der Waals surface area contributed by atoms with Crippen LogP contribution in [0.1, 0.15) is 34.0 Å². The Kier molecular flexibility index (Phi) is 8.42. The fourth-order valence-corrected chi connectivity index (χ4v) is 2.96. The highest BCUT2D eigenvalue weighted by molar-refractivity contribution is 7.98. The fourth-order valence-electron chi connectivity index (χ4n) is 2.25. The first-order valence-corrected chi connectivity index (χ1v) is 9.33. The first-order valence-electron chi connectivity index (χ1n) is 7.47. The maximum absolute atomic E-state index is 14.0. The van der Waals surface area contributed by atoms with Gasteiger partial charge in [0.15, 0.2) is 5.78 Å². The molecule has 0 unspecified atom stereocenters. The van der Waals surface area contributed by atoms with Crippen molar-refractivity contribution in [2.24, 2.45) is 0 Å². The smallest absolute Gasteiger partial charge is 0.167 e. The van der Waals surface area contributed by atoms with Crippen LogP contribution in [-0.2, 0) is 6.42 Å². The van der Waals surface area contributed by atoms with Gasteiger partial charge in [-0.15, -0.1) is 11.8 Å². The van der Waals surface area contributed by atoms with E-state index in [4.69, 9.17) is 0 Å². The Hall–Kier alpha value is -1.26. The molecule has 0 amide bonds. The van der Waals surface area contributed by atoms with Crippen molar-refractivity contribution in [3.8, 4) is 0 Å². The number of benzene rings is 2. The molecule has 0 aliphatic carbocycles. The molecule has 0 atom stereocenters. The summed E-state index contributed by atoms with van der Waals surface area (Å²) in [5, 5.41) is 0. The largest absolute Gasteiger partial charge is 0.294 e. The van der Waals surface area contributed by atoms with Crippen molar-refractivity contribution in [3.05, 3.63) is 64.5 Å². The van der Waals surface area contributed by atoms with E-state index in [0.717, 1.165) is 22.4 Å². The predicted molar refractivity (Wildman–Crippen MR) is 102 cm³/mol. The molecule has 0 aliphatic heterocycles. The summed E-state index contributed by atoms with van der Waals surface area (Å²) in [6.07, 6.45) is 2.10. The molecule has 0 saturated heterocycles. The highest BCUT2D eigenvalue weighted by Gasteiger charge is 2.15. The number of thiol groups is 1. The van der Waals surface area contributed by atoms with Crippen molar-refractivity contribution >= 4 is 30.2 Å². The van der Waals surface area contributed by atoms with E-state index in [2.05, 4.69) is 12.6 Å². The molecule has 2 aromatic carbocycles. The summed E-state index contributed by atoms with van der Waals surface area (Å²) in [6.45, 7) is 5.84. The van der Waals surface area contributed by atoms with Gasteiger partial charge >= 0.3 is 0 Å². The third-order valence-corrected chi connectivity index (χ3v) is 4.46. The molecule has 0 aromatic heterocycles. The van der Waals surface area contributed by atoms with Gasteiger partial charge in [-0.2, -0.15) is 12.6 Å². The third-order valence-electron chi connectivity index (χ3n) is 3.55. The third kappa shape index (κ3) is 5.40. The van der Waals surface area contributed by atoms with Crippen LogP contribution >= 0.6 is 24.4 Å². The summed E-state index contributed by atoms with van der Waals surface area (Å²) >= 11 is 5.19. The van der Waals surface area contributed by atoms with Crippen LogP contribution in [0.15, 0.2) is 41.3 Å². The molecule has 2 rings (SSSR count). The SMILES string of the molecule is CCS.CSc1c(F)cc(CC(=O)c2ccccc2)c(C)c1C. The summed E-state index contributed by atoms with van der Waals surface area (Å²) in [4.78, 5) is 12.9. The lowest BCUT2D eigenvalue weighted by molar-refractivity contribution is 0.0992. The normalized spacial score (nSPS) is 10.0. The maximum atomic E-state index is 14.0. The average molecular weight is 351 g/mol. The number of carbonyl (C=O) groups excluding carboxylic acids is 1. The van der Waals surface area contributed by atoms with Crippen LogP contribution in [0.2, 0.25) is 0 Å². The zero-order chi connectivity index (χ0) is 17.4. The lowest BCUT2D eigenvalue weighted by Crippen LogP contribution is -2.07. The van der Waals surface area contributed by atoms with Gasteiger partial charge < -0.3 is 0 Å². The fraction of sp³-hybridized carbons (Fsp3) is 0.316. The number of carbonyl (C=O) groups is 1. The zero-order valence-electron chi connectivity index (χ0n) is 14.0. The van der Waals surface area contributed by atoms with Gasteiger partial charge in [0, 0.05) is 16.9 Å². The molecule has 0 bridgehead atoms. The summed E-state index contributed by atoms with van der Waals surface area (Å²) in [5.74, 6) is 0.723. The molecule has 2 aromatic rings. The number of rotatable bonds is 4. The van der Waals surface area contributed by atoms with Gasteiger partial charge in [0.2, 0.25) is 0 Å². The minimum absolute atomic E-state index is 0.0180. The van der Waals surface area contributed by atoms with E-state index in [-0.39, 0.29) is 18.0 Å². The van der Waals surface area contributed by atoms with Crippen molar-refractivity contribution in [1.29, 1.82) is 0 Å². The van der Waals surface area contributed by atoms with Gasteiger partial charge in [-0.3, -0.25) is 4.79 Å². The van der Waals surface area contributed by atoms with E-state index in [1.165, 1.54) is 17.8 Å². The quantitative estimate of drug-likeness (QED) is 0.444. The highest BCUT2D eigenvalue weighted by Crippen LogP contribution is 2.29. The molecular formula is C19H23FOS2. The van der Waals surface area contributed by atoms with Gasteiger partial charge in [0.25, 0.3) is 0 Å². The topological polar surface area (TPSA) is 17.1 Å². The predicted octanol–water partition coefficient (Wildman–Crippen LogP) is 5.53. The summed E-state index contributed by atoms with van der Waals surface area (Å²) < 4.78 is 14.0. The van der Waals surface area contributed by atoms with E-state index in [0.29, 0.717) is 10.5 Å². The Morgan fingerprint density at radius 3 is 2.26 bits per heavy atom. The van der Waals surface area contributed by atoms with E-state index >= 15 is 0 Å². The van der Waals surface area contributed by atoms with Crippen LogP contribution in [0.3, 0.4) is 0 Å². The summed E-state index contributed by atoms with van der Waals surface area (Å²) in [6, 6.07) is 10.6. The monoisotopic (exact) mass is 350 g/mol. The van der Waals surface area contributed by atoms with E-state index < -0.39 is 0 Å². The number of hydrogen-bond acceptors (Lipinski definition) is 3. The van der Waals surface area contributed by atoms with Crippen molar-refractivity contribution in [2.45, 2.75) is 32.1 Å². The number of Topliss-reactive ketones (excluding diaryl/α,β-unsaturated/α-hetero) is 1.